The minimum absolute atomic E-state index is 0.490. The molecule has 1 aromatic carbocycles. The summed E-state index contributed by atoms with van der Waals surface area (Å²) < 4.78 is 5.74. The van der Waals surface area contributed by atoms with Crippen LogP contribution >= 0.6 is 11.6 Å². The van der Waals surface area contributed by atoms with Crippen molar-refractivity contribution in [2.75, 3.05) is 0 Å². The van der Waals surface area contributed by atoms with Gasteiger partial charge in [0.2, 0.25) is 5.82 Å². The highest BCUT2D eigenvalue weighted by atomic mass is 35.5. The van der Waals surface area contributed by atoms with Crippen LogP contribution < -0.4 is 4.74 Å². The molecule has 21 heavy (non-hydrogen) atoms. The van der Waals surface area contributed by atoms with Crippen LogP contribution in [-0.4, -0.2) is 31.6 Å². The van der Waals surface area contributed by atoms with Gasteiger partial charge in [0.1, 0.15) is 5.75 Å². The molecule has 0 saturated heterocycles. The molecule has 2 rings (SSSR count). The first-order valence-corrected chi connectivity index (χ1v) is 7.01. The minimum Gasteiger partial charge on any atom is -0.481 e. The van der Waals surface area contributed by atoms with Gasteiger partial charge < -0.3 is 4.74 Å². The van der Waals surface area contributed by atoms with Crippen molar-refractivity contribution in [1.29, 1.82) is 0 Å². The highest BCUT2D eigenvalue weighted by Crippen LogP contribution is 2.29. The fourth-order valence-electron chi connectivity index (χ4n) is 2.10. The summed E-state index contributed by atoms with van der Waals surface area (Å²) in [5.41, 5.74) is 2.65. The molecule has 0 saturated carbocycles. The second-order valence-corrected chi connectivity index (χ2v) is 5.23. The van der Waals surface area contributed by atoms with Gasteiger partial charge in [-0.1, -0.05) is 6.92 Å². The summed E-state index contributed by atoms with van der Waals surface area (Å²) in [6.45, 7) is 5.68. The number of tetrazole rings is 1. The summed E-state index contributed by atoms with van der Waals surface area (Å²) in [5, 5.41) is 11.5. The van der Waals surface area contributed by atoms with Crippen LogP contribution in [0.3, 0.4) is 0 Å². The molecule has 0 amide bonds. The summed E-state index contributed by atoms with van der Waals surface area (Å²) in [5.74, 6) is 1.22. The lowest BCUT2D eigenvalue weighted by Gasteiger charge is -2.18. The van der Waals surface area contributed by atoms with E-state index < -0.39 is 11.3 Å². The van der Waals surface area contributed by atoms with Crippen LogP contribution in [-0.2, 0) is 11.8 Å². The van der Waals surface area contributed by atoms with Gasteiger partial charge in [-0.25, -0.2) is 0 Å². The second kappa shape index (κ2) is 6.22. The number of aryl methyl sites for hydroxylation is 3. The van der Waals surface area contributed by atoms with Crippen LogP contribution in [0.25, 0.3) is 11.4 Å². The number of hydrogen-bond acceptors (Lipinski definition) is 5. The molecule has 0 aliphatic heterocycles. The van der Waals surface area contributed by atoms with Gasteiger partial charge in [0, 0.05) is 5.56 Å². The summed E-state index contributed by atoms with van der Waals surface area (Å²) >= 11 is 5.53. The monoisotopic (exact) mass is 308 g/mol. The summed E-state index contributed by atoms with van der Waals surface area (Å²) in [6, 6.07) is 3.82. The van der Waals surface area contributed by atoms with E-state index in [2.05, 4.69) is 15.4 Å². The largest absolute Gasteiger partial charge is 0.481 e. The van der Waals surface area contributed by atoms with Crippen molar-refractivity contribution in [3.05, 3.63) is 23.3 Å². The zero-order valence-electron chi connectivity index (χ0n) is 12.4. The Bertz CT molecular complexity index is 646. The number of rotatable bonds is 5. The highest BCUT2D eigenvalue weighted by molar-refractivity contribution is 6.64. The van der Waals surface area contributed by atoms with Crippen LogP contribution in [0, 0.1) is 13.8 Å². The smallest absolute Gasteiger partial charge is 0.262 e. The zero-order chi connectivity index (χ0) is 15.6. The molecule has 0 aliphatic carbocycles. The molecule has 2 aromatic rings. The van der Waals surface area contributed by atoms with Crippen molar-refractivity contribution in [2.24, 2.45) is 7.05 Å². The fraction of sp³-hybridized carbons (Fsp3) is 0.429. The van der Waals surface area contributed by atoms with E-state index in [0.717, 1.165) is 16.7 Å². The molecule has 1 unspecified atom stereocenters. The van der Waals surface area contributed by atoms with Crippen LogP contribution in [0.5, 0.6) is 5.75 Å². The Labute approximate surface area is 128 Å². The fourth-order valence-corrected chi connectivity index (χ4v) is 2.30. The molecule has 0 spiro atoms. The topological polar surface area (TPSA) is 69.9 Å². The van der Waals surface area contributed by atoms with Crippen LogP contribution in [0.1, 0.15) is 24.5 Å². The van der Waals surface area contributed by atoms with E-state index in [9.17, 15) is 4.79 Å². The number of aromatic nitrogens is 4. The Morgan fingerprint density at radius 3 is 2.43 bits per heavy atom. The van der Waals surface area contributed by atoms with E-state index in [1.54, 1.807) is 7.05 Å². The van der Waals surface area contributed by atoms with Crippen molar-refractivity contribution < 1.29 is 9.53 Å². The first-order chi connectivity index (χ1) is 9.92. The third-order valence-electron chi connectivity index (χ3n) is 3.11. The number of carbonyl (C=O) groups is 1. The van der Waals surface area contributed by atoms with Gasteiger partial charge in [0.25, 0.3) is 5.24 Å². The predicted octanol–water partition coefficient (Wildman–Crippen LogP) is 2.42. The van der Waals surface area contributed by atoms with Crippen molar-refractivity contribution in [3.8, 4) is 17.1 Å². The average molecular weight is 309 g/mol. The van der Waals surface area contributed by atoms with Gasteiger partial charge in [-0.15, -0.1) is 10.2 Å². The van der Waals surface area contributed by atoms with E-state index in [-0.39, 0.29) is 0 Å². The van der Waals surface area contributed by atoms with Crippen molar-refractivity contribution in [1.82, 2.24) is 20.2 Å². The van der Waals surface area contributed by atoms with Gasteiger partial charge in [0.15, 0.2) is 6.10 Å². The van der Waals surface area contributed by atoms with Gasteiger partial charge in [-0.3, -0.25) is 4.79 Å². The molecular weight excluding hydrogens is 292 g/mol. The standard InChI is InChI=1S/C14H17ClN4O2/c1-5-11(13(15)20)21-12-8(2)6-10(7-9(12)3)14-16-18-19(4)17-14/h6-7,11H,5H2,1-4H3. The molecule has 6 nitrogen and oxygen atoms in total. The van der Waals surface area contributed by atoms with Gasteiger partial charge >= 0.3 is 0 Å². The molecule has 1 heterocycles. The molecule has 0 aliphatic rings. The summed E-state index contributed by atoms with van der Waals surface area (Å²) in [4.78, 5) is 12.7. The van der Waals surface area contributed by atoms with Crippen molar-refractivity contribution in [3.63, 3.8) is 0 Å². The van der Waals surface area contributed by atoms with E-state index in [1.165, 1.54) is 4.80 Å². The third kappa shape index (κ3) is 3.39. The molecule has 1 atom stereocenters. The van der Waals surface area contributed by atoms with Gasteiger partial charge in [0.05, 0.1) is 7.05 Å². The Morgan fingerprint density at radius 1 is 1.38 bits per heavy atom. The first-order valence-electron chi connectivity index (χ1n) is 6.64. The van der Waals surface area contributed by atoms with E-state index >= 15 is 0 Å². The number of nitrogens with zero attached hydrogens (tertiary/aromatic N) is 4. The summed E-state index contributed by atoms with van der Waals surface area (Å²) in [7, 11) is 1.71. The first kappa shape index (κ1) is 15.4. The Kier molecular flexibility index (Phi) is 4.57. The van der Waals surface area contributed by atoms with Crippen LogP contribution in [0.15, 0.2) is 12.1 Å². The number of benzene rings is 1. The summed E-state index contributed by atoms with van der Waals surface area (Å²) in [6.07, 6.45) is -0.112. The molecule has 0 radical (unpaired) electrons. The molecule has 0 N–H and O–H groups in total. The van der Waals surface area contributed by atoms with Gasteiger partial charge in [-0.05, 0) is 60.3 Å². The molecule has 0 bridgehead atoms. The number of halogens is 1. The Balaban J connectivity index is 2.35. The Morgan fingerprint density at radius 2 is 2.00 bits per heavy atom. The van der Waals surface area contributed by atoms with Crippen LogP contribution in [0.4, 0.5) is 0 Å². The quantitative estimate of drug-likeness (QED) is 0.793. The third-order valence-corrected chi connectivity index (χ3v) is 3.35. The maximum atomic E-state index is 11.3. The SMILES string of the molecule is CCC(Oc1c(C)cc(-c2nnn(C)n2)cc1C)C(=O)Cl. The number of carbonyl (C=O) groups excluding carboxylic acids is 1. The number of ether oxygens (including phenoxy) is 1. The zero-order valence-corrected chi connectivity index (χ0v) is 13.2. The predicted molar refractivity (Wildman–Crippen MR) is 79.3 cm³/mol. The lowest BCUT2D eigenvalue weighted by atomic mass is 10.1. The second-order valence-electron chi connectivity index (χ2n) is 4.86. The Hall–Kier alpha value is -1.95. The lowest BCUT2D eigenvalue weighted by Crippen LogP contribution is -2.23. The van der Waals surface area contributed by atoms with Crippen LogP contribution in [0.2, 0.25) is 0 Å². The maximum absolute atomic E-state index is 11.3. The maximum Gasteiger partial charge on any atom is 0.262 e. The minimum atomic E-state index is -0.635. The average Bonchev–Trinajstić information content (AvgIpc) is 2.84. The van der Waals surface area contributed by atoms with E-state index in [4.69, 9.17) is 16.3 Å². The molecule has 7 heteroatoms. The van der Waals surface area contributed by atoms with E-state index in [0.29, 0.717) is 18.0 Å². The molecule has 1 aromatic heterocycles. The molecular formula is C14H17ClN4O2. The highest BCUT2D eigenvalue weighted by Gasteiger charge is 2.19. The van der Waals surface area contributed by atoms with Gasteiger partial charge in [-0.2, -0.15) is 4.80 Å². The molecule has 112 valence electrons. The van der Waals surface area contributed by atoms with E-state index in [1.807, 2.05) is 32.9 Å². The van der Waals surface area contributed by atoms with Crippen molar-refractivity contribution in [2.45, 2.75) is 33.3 Å². The number of hydrogen-bond donors (Lipinski definition) is 0. The molecule has 0 fully saturated rings. The lowest BCUT2D eigenvalue weighted by molar-refractivity contribution is -0.117. The van der Waals surface area contributed by atoms with Crippen molar-refractivity contribution >= 4 is 16.8 Å². The normalized spacial score (nSPS) is 12.2.